The van der Waals surface area contributed by atoms with E-state index in [9.17, 15) is 5.11 Å². The van der Waals surface area contributed by atoms with Crippen molar-refractivity contribution in [3.63, 3.8) is 0 Å². The Kier molecular flexibility index (Phi) is 4.15. The second-order valence-electron chi connectivity index (χ2n) is 4.11. The number of hydrogen-bond acceptors (Lipinski definition) is 2. The van der Waals surface area contributed by atoms with Gasteiger partial charge in [-0.25, -0.2) is 0 Å². The van der Waals surface area contributed by atoms with Crippen LogP contribution < -0.4 is 5.32 Å². The first-order valence-corrected chi connectivity index (χ1v) is 6.71. The summed E-state index contributed by atoms with van der Waals surface area (Å²) in [6.45, 7) is 2.56. The molecule has 0 amide bonds. The Balaban J connectivity index is 2.13. The van der Waals surface area contributed by atoms with E-state index in [1.54, 1.807) is 6.07 Å². The minimum atomic E-state index is 0.304. The number of halogens is 2. The van der Waals surface area contributed by atoms with Crippen molar-refractivity contribution in [2.75, 3.05) is 5.32 Å². The fourth-order valence-corrected chi connectivity index (χ4v) is 2.50. The van der Waals surface area contributed by atoms with Crippen LogP contribution >= 0.6 is 27.5 Å². The van der Waals surface area contributed by atoms with Crippen LogP contribution in [-0.2, 0) is 6.54 Å². The Labute approximate surface area is 120 Å². The summed E-state index contributed by atoms with van der Waals surface area (Å²) in [5, 5.41) is 13.7. The molecule has 2 aromatic rings. The molecule has 2 rings (SSSR count). The van der Waals surface area contributed by atoms with Crippen molar-refractivity contribution in [1.82, 2.24) is 0 Å². The van der Waals surface area contributed by atoms with E-state index in [0.717, 1.165) is 21.3 Å². The number of anilines is 1. The summed E-state index contributed by atoms with van der Waals surface area (Å²) in [4.78, 5) is 0. The lowest BCUT2D eigenvalue weighted by Gasteiger charge is -2.10. The number of nitrogens with one attached hydrogen (secondary N) is 1. The molecule has 0 saturated heterocycles. The fourth-order valence-electron chi connectivity index (χ4n) is 1.68. The van der Waals surface area contributed by atoms with E-state index >= 15 is 0 Å². The molecule has 0 fully saturated rings. The number of hydrogen-bond donors (Lipinski definition) is 2. The highest BCUT2D eigenvalue weighted by Crippen LogP contribution is 2.27. The third kappa shape index (κ3) is 3.18. The Morgan fingerprint density at radius 1 is 1.22 bits per heavy atom. The van der Waals surface area contributed by atoms with E-state index in [0.29, 0.717) is 17.3 Å². The summed E-state index contributed by atoms with van der Waals surface area (Å²) in [6, 6.07) is 11.1. The van der Waals surface area contributed by atoms with Crippen LogP contribution in [0.5, 0.6) is 5.75 Å². The highest BCUT2D eigenvalue weighted by atomic mass is 79.9. The molecule has 0 aliphatic carbocycles. The molecule has 2 nitrogen and oxygen atoms in total. The Bertz CT molecular complexity index is 572. The van der Waals surface area contributed by atoms with Gasteiger partial charge in [0.2, 0.25) is 0 Å². The van der Waals surface area contributed by atoms with Crippen molar-refractivity contribution in [3.8, 4) is 5.75 Å². The molecule has 0 unspecified atom stereocenters. The zero-order chi connectivity index (χ0) is 13.1. The molecule has 0 aromatic heterocycles. The van der Waals surface area contributed by atoms with Crippen molar-refractivity contribution in [2.24, 2.45) is 0 Å². The van der Waals surface area contributed by atoms with Crippen molar-refractivity contribution < 1.29 is 5.11 Å². The number of rotatable bonds is 3. The maximum atomic E-state index is 9.75. The summed E-state index contributed by atoms with van der Waals surface area (Å²) in [5.74, 6) is 0.304. The molecule has 94 valence electrons. The molecular formula is C14H13BrClNO. The minimum absolute atomic E-state index is 0.304. The fraction of sp³-hybridized carbons (Fsp3) is 0.143. The molecule has 0 spiro atoms. The second kappa shape index (κ2) is 5.63. The van der Waals surface area contributed by atoms with Gasteiger partial charge in [-0.05, 0) is 47.1 Å². The maximum absolute atomic E-state index is 9.75. The molecule has 4 heteroatoms. The van der Waals surface area contributed by atoms with Crippen LogP contribution in [0.4, 0.5) is 5.69 Å². The van der Waals surface area contributed by atoms with Crippen molar-refractivity contribution in [2.45, 2.75) is 13.5 Å². The van der Waals surface area contributed by atoms with Crippen LogP contribution in [0.1, 0.15) is 11.1 Å². The molecule has 0 radical (unpaired) electrons. The van der Waals surface area contributed by atoms with E-state index in [4.69, 9.17) is 11.6 Å². The zero-order valence-electron chi connectivity index (χ0n) is 9.87. The summed E-state index contributed by atoms with van der Waals surface area (Å²) in [6.07, 6.45) is 0. The predicted octanol–water partition coefficient (Wildman–Crippen LogP) is 4.73. The van der Waals surface area contributed by atoms with Crippen molar-refractivity contribution in [3.05, 3.63) is 57.0 Å². The van der Waals surface area contributed by atoms with E-state index in [1.807, 2.05) is 37.3 Å². The second-order valence-corrected chi connectivity index (χ2v) is 5.40. The normalized spacial score (nSPS) is 10.4. The molecule has 0 aliphatic rings. The minimum Gasteiger partial charge on any atom is -0.508 e. The number of aromatic hydroxyl groups is 1. The lowest BCUT2D eigenvalue weighted by Crippen LogP contribution is -2.00. The molecular weight excluding hydrogens is 314 g/mol. The topological polar surface area (TPSA) is 32.3 Å². The Hall–Kier alpha value is -1.19. The standard InChI is InChI=1S/C14H13BrClNO/c1-9-2-5-14(18)10(6-9)8-17-13-4-3-11(16)7-12(13)15/h2-7,17-18H,8H2,1H3. The zero-order valence-corrected chi connectivity index (χ0v) is 12.2. The van der Waals surface area contributed by atoms with Crippen LogP contribution in [0, 0.1) is 6.92 Å². The number of benzene rings is 2. The van der Waals surface area contributed by atoms with Gasteiger partial charge in [0.25, 0.3) is 0 Å². The summed E-state index contributed by atoms with van der Waals surface area (Å²) in [5.41, 5.74) is 2.94. The van der Waals surface area contributed by atoms with Gasteiger partial charge >= 0.3 is 0 Å². The SMILES string of the molecule is Cc1ccc(O)c(CNc2ccc(Cl)cc2Br)c1. The summed E-state index contributed by atoms with van der Waals surface area (Å²) < 4.78 is 0.905. The van der Waals surface area contributed by atoms with Gasteiger partial charge in [0.15, 0.2) is 0 Å². The lowest BCUT2D eigenvalue weighted by molar-refractivity contribution is 0.469. The molecule has 2 N–H and O–H groups in total. The first kappa shape index (κ1) is 13.2. The highest BCUT2D eigenvalue weighted by Gasteiger charge is 2.04. The number of aryl methyl sites for hydroxylation is 1. The van der Waals surface area contributed by atoms with Gasteiger partial charge in [-0.3, -0.25) is 0 Å². The van der Waals surface area contributed by atoms with Crippen LogP contribution in [0.25, 0.3) is 0 Å². The Morgan fingerprint density at radius 2 is 2.00 bits per heavy atom. The van der Waals surface area contributed by atoms with Gasteiger partial charge in [-0.2, -0.15) is 0 Å². The van der Waals surface area contributed by atoms with Gasteiger partial charge in [-0.1, -0.05) is 29.3 Å². The maximum Gasteiger partial charge on any atom is 0.120 e. The average Bonchev–Trinajstić information content (AvgIpc) is 2.32. The monoisotopic (exact) mass is 325 g/mol. The summed E-state index contributed by atoms with van der Waals surface area (Å²) >= 11 is 9.33. The molecule has 0 bridgehead atoms. The van der Waals surface area contributed by atoms with Crippen molar-refractivity contribution in [1.29, 1.82) is 0 Å². The van der Waals surface area contributed by atoms with Gasteiger partial charge in [-0.15, -0.1) is 0 Å². The lowest BCUT2D eigenvalue weighted by atomic mass is 10.1. The van der Waals surface area contributed by atoms with Gasteiger partial charge in [0.1, 0.15) is 5.75 Å². The van der Waals surface area contributed by atoms with Gasteiger partial charge < -0.3 is 10.4 Å². The molecule has 0 saturated carbocycles. The van der Waals surface area contributed by atoms with Crippen LogP contribution in [0.15, 0.2) is 40.9 Å². The third-order valence-electron chi connectivity index (χ3n) is 2.64. The molecule has 18 heavy (non-hydrogen) atoms. The van der Waals surface area contributed by atoms with Gasteiger partial charge in [0.05, 0.1) is 0 Å². The quantitative estimate of drug-likeness (QED) is 0.854. The van der Waals surface area contributed by atoms with Crippen LogP contribution in [-0.4, -0.2) is 5.11 Å². The smallest absolute Gasteiger partial charge is 0.120 e. The van der Waals surface area contributed by atoms with Gasteiger partial charge in [0, 0.05) is 27.3 Å². The third-order valence-corrected chi connectivity index (χ3v) is 3.53. The largest absolute Gasteiger partial charge is 0.508 e. The van der Waals surface area contributed by atoms with E-state index in [1.165, 1.54) is 0 Å². The molecule has 0 aliphatic heterocycles. The Morgan fingerprint density at radius 3 is 2.72 bits per heavy atom. The summed E-state index contributed by atoms with van der Waals surface area (Å²) in [7, 11) is 0. The van der Waals surface area contributed by atoms with E-state index < -0.39 is 0 Å². The van der Waals surface area contributed by atoms with E-state index in [2.05, 4.69) is 21.2 Å². The van der Waals surface area contributed by atoms with E-state index in [-0.39, 0.29) is 0 Å². The first-order chi connectivity index (χ1) is 8.56. The molecule has 0 heterocycles. The van der Waals surface area contributed by atoms with Crippen molar-refractivity contribution >= 4 is 33.2 Å². The van der Waals surface area contributed by atoms with Crippen LogP contribution in [0.3, 0.4) is 0 Å². The molecule has 0 atom stereocenters. The van der Waals surface area contributed by atoms with Crippen LogP contribution in [0.2, 0.25) is 5.02 Å². The average molecular weight is 327 g/mol. The number of phenolic OH excluding ortho intramolecular Hbond substituents is 1. The molecule has 2 aromatic carbocycles. The first-order valence-electron chi connectivity index (χ1n) is 5.53. The number of phenols is 1. The predicted molar refractivity (Wildman–Crippen MR) is 79.3 cm³/mol. The highest BCUT2D eigenvalue weighted by molar-refractivity contribution is 9.10.